The molecule has 20 heavy (non-hydrogen) atoms. The van der Waals surface area contributed by atoms with E-state index < -0.39 is 12.0 Å². The molecule has 0 saturated carbocycles. The van der Waals surface area contributed by atoms with Gasteiger partial charge in [-0.1, -0.05) is 32.9 Å². The van der Waals surface area contributed by atoms with E-state index >= 15 is 0 Å². The third kappa shape index (κ3) is 4.91. The van der Waals surface area contributed by atoms with Gasteiger partial charge in [0.15, 0.2) is 0 Å². The monoisotopic (exact) mass is 278 g/mol. The normalized spacial score (nSPS) is 12.6. The predicted octanol–water partition coefficient (Wildman–Crippen LogP) is 1.99. The number of carbonyl (C=O) groups excluding carboxylic acids is 1. The highest BCUT2D eigenvalue weighted by molar-refractivity contribution is 5.82. The van der Waals surface area contributed by atoms with Crippen LogP contribution in [0.25, 0.3) is 0 Å². The maximum absolute atomic E-state index is 11.0. The highest BCUT2D eigenvalue weighted by Crippen LogP contribution is 2.23. The zero-order valence-corrected chi connectivity index (χ0v) is 12.4. The zero-order valence-electron chi connectivity index (χ0n) is 12.4. The highest BCUT2D eigenvalue weighted by Gasteiger charge is 2.18. The minimum Gasteiger partial charge on any atom is -0.480 e. The van der Waals surface area contributed by atoms with Crippen molar-refractivity contribution in [3.05, 3.63) is 29.8 Å². The first-order valence-electron chi connectivity index (χ1n) is 6.54. The molecule has 1 amide bonds. The molecule has 5 heteroatoms. The lowest BCUT2D eigenvalue weighted by molar-refractivity contribution is -0.141. The van der Waals surface area contributed by atoms with Crippen LogP contribution in [0.15, 0.2) is 24.3 Å². The number of aliphatic carboxylic acids is 1. The summed E-state index contributed by atoms with van der Waals surface area (Å²) < 4.78 is 0. The van der Waals surface area contributed by atoms with Crippen LogP contribution in [0.5, 0.6) is 0 Å². The molecule has 0 aliphatic carbocycles. The molecule has 1 aromatic carbocycles. The van der Waals surface area contributed by atoms with E-state index in [-0.39, 0.29) is 17.9 Å². The van der Waals surface area contributed by atoms with Gasteiger partial charge >= 0.3 is 5.97 Å². The van der Waals surface area contributed by atoms with E-state index in [4.69, 9.17) is 5.11 Å². The van der Waals surface area contributed by atoms with Crippen LogP contribution >= 0.6 is 0 Å². The van der Waals surface area contributed by atoms with Gasteiger partial charge in [-0.15, -0.1) is 0 Å². The molecule has 110 valence electrons. The van der Waals surface area contributed by atoms with Crippen LogP contribution in [0.1, 0.15) is 33.3 Å². The lowest BCUT2D eigenvalue weighted by Gasteiger charge is -2.20. The second-order valence-corrected chi connectivity index (χ2v) is 5.80. The van der Waals surface area contributed by atoms with Gasteiger partial charge in [-0.05, 0) is 23.1 Å². The number of carboxylic acid groups (broad SMARTS) is 1. The van der Waals surface area contributed by atoms with Gasteiger partial charge in [0.2, 0.25) is 5.91 Å². The van der Waals surface area contributed by atoms with Gasteiger partial charge in [0, 0.05) is 19.2 Å². The van der Waals surface area contributed by atoms with E-state index in [1.807, 2.05) is 24.3 Å². The molecule has 3 N–H and O–H groups in total. The molecule has 0 radical (unpaired) electrons. The van der Waals surface area contributed by atoms with Crippen molar-refractivity contribution in [2.24, 2.45) is 0 Å². The van der Waals surface area contributed by atoms with Crippen molar-refractivity contribution in [3.63, 3.8) is 0 Å². The van der Waals surface area contributed by atoms with E-state index in [0.717, 1.165) is 5.69 Å². The molecule has 0 aliphatic heterocycles. The fraction of sp³-hybridized carbons (Fsp3) is 0.467. The summed E-state index contributed by atoms with van der Waals surface area (Å²) in [5, 5.41) is 14.4. The lowest BCUT2D eigenvalue weighted by Crippen LogP contribution is -2.44. The van der Waals surface area contributed by atoms with Gasteiger partial charge in [-0.25, -0.2) is 4.79 Å². The molecule has 1 rings (SSSR count). The minimum atomic E-state index is -1.06. The largest absolute Gasteiger partial charge is 0.480 e. The maximum atomic E-state index is 11.0. The zero-order chi connectivity index (χ0) is 15.3. The van der Waals surface area contributed by atoms with E-state index in [9.17, 15) is 9.59 Å². The Morgan fingerprint density at radius 2 is 1.75 bits per heavy atom. The summed E-state index contributed by atoms with van der Waals surface area (Å²) in [7, 11) is 0. The van der Waals surface area contributed by atoms with Crippen LogP contribution in [0.2, 0.25) is 0 Å². The number of hydrogen-bond acceptors (Lipinski definition) is 3. The molecular formula is C15H22N2O3. The standard InChI is InChI=1S/C15H22N2O3/c1-10(18)17-13(14(19)20)9-16-12-7-5-11(6-8-12)15(2,3)4/h5-8,13,16H,9H2,1-4H3,(H,17,18)(H,19,20). The summed E-state index contributed by atoms with van der Waals surface area (Å²) in [4.78, 5) is 21.9. The first-order valence-corrected chi connectivity index (χ1v) is 6.54. The average molecular weight is 278 g/mol. The van der Waals surface area contributed by atoms with Crippen LogP contribution in [0, 0.1) is 0 Å². The van der Waals surface area contributed by atoms with Crippen LogP contribution in [0.3, 0.4) is 0 Å². The van der Waals surface area contributed by atoms with Gasteiger partial charge in [0.25, 0.3) is 0 Å². The number of amides is 1. The first-order chi connectivity index (χ1) is 9.20. The second kappa shape index (κ2) is 6.41. The second-order valence-electron chi connectivity index (χ2n) is 5.80. The van der Waals surface area contributed by atoms with Gasteiger partial charge in [-0.3, -0.25) is 4.79 Å². The Hall–Kier alpha value is -2.04. The molecule has 0 fully saturated rings. The summed E-state index contributed by atoms with van der Waals surface area (Å²) in [5.74, 6) is -1.42. The Labute approximate surface area is 119 Å². The average Bonchev–Trinajstić information content (AvgIpc) is 2.33. The summed E-state index contributed by atoms with van der Waals surface area (Å²) in [5.41, 5.74) is 2.12. The Kier molecular flexibility index (Phi) is 5.13. The van der Waals surface area contributed by atoms with Crippen molar-refractivity contribution in [2.45, 2.75) is 39.2 Å². The Bertz CT molecular complexity index is 475. The third-order valence-electron chi connectivity index (χ3n) is 2.94. The predicted molar refractivity (Wildman–Crippen MR) is 78.9 cm³/mol. The molecule has 1 unspecified atom stereocenters. The number of rotatable bonds is 5. The molecule has 0 aliphatic rings. The summed E-state index contributed by atoms with van der Waals surface area (Å²) in [6, 6.07) is 6.91. The molecular weight excluding hydrogens is 256 g/mol. The molecule has 5 nitrogen and oxygen atoms in total. The third-order valence-corrected chi connectivity index (χ3v) is 2.94. The number of hydrogen-bond donors (Lipinski definition) is 3. The van der Waals surface area contributed by atoms with Crippen molar-refractivity contribution in [1.29, 1.82) is 0 Å². The van der Waals surface area contributed by atoms with Crippen LogP contribution in [0.4, 0.5) is 5.69 Å². The summed E-state index contributed by atoms with van der Waals surface area (Å²) in [6.07, 6.45) is 0. The van der Waals surface area contributed by atoms with Gasteiger partial charge in [-0.2, -0.15) is 0 Å². The van der Waals surface area contributed by atoms with Crippen molar-refractivity contribution in [1.82, 2.24) is 5.32 Å². The molecule has 0 bridgehead atoms. The number of carboxylic acids is 1. The van der Waals surface area contributed by atoms with Crippen LogP contribution < -0.4 is 10.6 Å². The van der Waals surface area contributed by atoms with Crippen LogP contribution in [-0.2, 0) is 15.0 Å². The SMILES string of the molecule is CC(=O)NC(CNc1ccc(C(C)(C)C)cc1)C(=O)O. The van der Waals surface area contributed by atoms with Gasteiger partial charge in [0.05, 0.1) is 0 Å². The van der Waals surface area contributed by atoms with Crippen LogP contribution in [-0.4, -0.2) is 29.6 Å². The van der Waals surface area contributed by atoms with E-state index in [1.54, 1.807) is 0 Å². The van der Waals surface area contributed by atoms with Crippen molar-refractivity contribution >= 4 is 17.6 Å². The molecule has 0 saturated heterocycles. The number of anilines is 1. The molecule has 0 spiro atoms. The Morgan fingerprint density at radius 1 is 1.20 bits per heavy atom. The number of nitrogens with one attached hydrogen (secondary N) is 2. The van der Waals surface area contributed by atoms with Crippen molar-refractivity contribution in [3.8, 4) is 0 Å². The van der Waals surface area contributed by atoms with Crippen molar-refractivity contribution in [2.75, 3.05) is 11.9 Å². The molecule has 0 heterocycles. The van der Waals surface area contributed by atoms with E-state index in [1.165, 1.54) is 12.5 Å². The summed E-state index contributed by atoms with van der Waals surface area (Å²) >= 11 is 0. The lowest BCUT2D eigenvalue weighted by atomic mass is 9.87. The molecule has 1 atom stereocenters. The first kappa shape index (κ1) is 16.0. The minimum absolute atomic E-state index is 0.0817. The fourth-order valence-electron chi connectivity index (χ4n) is 1.75. The highest BCUT2D eigenvalue weighted by atomic mass is 16.4. The molecule has 0 aromatic heterocycles. The quantitative estimate of drug-likeness (QED) is 0.769. The number of carbonyl (C=O) groups is 2. The Morgan fingerprint density at radius 3 is 2.15 bits per heavy atom. The van der Waals surface area contributed by atoms with Crippen molar-refractivity contribution < 1.29 is 14.7 Å². The topological polar surface area (TPSA) is 78.4 Å². The van der Waals surface area contributed by atoms with E-state index in [0.29, 0.717) is 0 Å². The smallest absolute Gasteiger partial charge is 0.328 e. The van der Waals surface area contributed by atoms with E-state index in [2.05, 4.69) is 31.4 Å². The fourth-order valence-corrected chi connectivity index (χ4v) is 1.75. The maximum Gasteiger partial charge on any atom is 0.328 e. The number of benzene rings is 1. The summed E-state index contributed by atoms with van der Waals surface area (Å²) in [6.45, 7) is 7.84. The Balaban J connectivity index is 2.64. The van der Waals surface area contributed by atoms with Gasteiger partial charge in [0.1, 0.15) is 6.04 Å². The van der Waals surface area contributed by atoms with Gasteiger partial charge < -0.3 is 15.7 Å². The molecule has 1 aromatic rings.